The molecule has 7 heteroatoms. The first-order chi connectivity index (χ1) is 9.63. The third-order valence-electron chi connectivity index (χ3n) is 3.25. The van der Waals surface area contributed by atoms with Gasteiger partial charge in [0.2, 0.25) is 5.95 Å². The van der Waals surface area contributed by atoms with Gasteiger partial charge >= 0.3 is 5.69 Å². The number of aromatic nitrogens is 2. The van der Waals surface area contributed by atoms with Gasteiger partial charge in [-0.1, -0.05) is 12.1 Å². The minimum Gasteiger partial charge on any atom is -0.351 e. The second-order valence-electron chi connectivity index (χ2n) is 4.67. The third kappa shape index (κ3) is 2.56. The summed E-state index contributed by atoms with van der Waals surface area (Å²) in [6.45, 7) is 0. The number of hydrogen-bond acceptors (Lipinski definition) is 5. The van der Waals surface area contributed by atoms with E-state index in [-0.39, 0.29) is 17.5 Å². The maximum absolute atomic E-state index is 12.8. The van der Waals surface area contributed by atoms with E-state index < -0.39 is 4.92 Å². The highest BCUT2D eigenvalue weighted by Gasteiger charge is 2.38. The quantitative estimate of drug-likeness (QED) is 0.684. The number of halogens is 1. The van der Waals surface area contributed by atoms with Crippen molar-refractivity contribution in [2.45, 2.75) is 18.4 Å². The molecule has 0 saturated heterocycles. The van der Waals surface area contributed by atoms with Gasteiger partial charge in [0.25, 0.3) is 0 Å². The molecule has 1 aliphatic carbocycles. The Morgan fingerprint density at radius 2 is 1.90 bits per heavy atom. The molecule has 0 bridgehead atoms. The van der Waals surface area contributed by atoms with E-state index in [4.69, 9.17) is 0 Å². The molecule has 102 valence electrons. The second kappa shape index (κ2) is 4.84. The van der Waals surface area contributed by atoms with Gasteiger partial charge in [-0.2, -0.15) is 0 Å². The van der Waals surface area contributed by atoms with E-state index in [1.54, 1.807) is 12.1 Å². The van der Waals surface area contributed by atoms with Crippen LogP contribution < -0.4 is 5.32 Å². The summed E-state index contributed by atoms with van der Waals surface area (Å²) in [5, 5.41) is 13.6. The maximum Gasteiger partial charge on any atom is 0.305 e. The molecule has 6 nitrogen and oxygen atoms in total. The summed E-state index contributed by atoms with van der Waals surface area (Å²) < 4.78 is 12.8. The van der Waals surface area contributed by atoms with Crippen molar-refractivity contribution in [1.29, 1.82) is 0 Å². The highest BCUT2D eigenvalue weighted by atomic mass is 19.1. The first kappa shape index (κ1) is 12.5. The van der Waals surface area contributed by atoms with Crippen molar-refractivity contribution < 1.29 is 9.31 Å². The number of nitrogens with zero attached hydrogens (tertiary/aromatic N) is 3. The van der Waals surface area contributed by atoms with Crippen molar-refractivity contribution in [1.82, 2.24) is 9.97 Å². The molecule has 0 unspecified atom stereocenters. The van der Waals surface area contributed by atoms with Gasteiger partial charge < -0.3 is 5.32 Å². The zero-order valence-electron chi connectivity index (χ0n) is 10.4. The third-order valence-corrected chi connectivity index (χ3v) is 3.25. The Morgan fingerprint density at radius 1 is 1.25 bits per heavy atom. The number of hydrogen-bond donors (Lipinski definition) is 1. The second-order valence-corrected chi connectivity index (χ2v) is 4.67. The lowest BCUT2D eigenvalue weighted by Gasteiger charge is -2.03. The van der Waals surface area contributed by atoms with Crippen LogP contribution in [-0.2, 0) is 0 Å². The number of nitrogens with one attached hydrogen (secondary N) is 1. The molecule has 1 aliphatic rings. The Hall–Kier alpha value is -2.57. The zero-order valence-corrected chi connectivity index (χ0v) is 10.4. The minimum atomic E-state index is -0.539. The highest BCUT2D eigenvalue weighted by Crippen LogP contribution is 2.42. The molecule has 0 amide bonds. The van der Waals surface area contributed by atoms with Gasteiger partial charge in [-0.25, -0.2) is 14.4 Å². The Balaban J connectivity index is 1.63. The van der Waals surface area contributed by atoms with Crippen LogP contribution in [-0.4, -0.2) is 20.9 Å². The lowest BCUT2D eigenvalue weighted by atomic mass is 10.1. The molecule has 1 N–H and O–H groups in total. The van der Waals surface area contributed by atoms with Crippen LogP contribution in [0.1, 0.15) is 17.9 Å². The van der Waals surface area contributed by atoms with E-state index in [1.165, 1.54) is 24.5 Å². The van der Waals surface area contributed by atoms with E-state index in [0.717, 1.165) is 12.0 Å². The van der Waals surface area contributed by atoms with Crippen LogP contribution in [0.15, 0.2) is 36.7 Å². The molecule has 1 saturated carbocycles. The number of anilines is 1. The summed E-state index contributed by atoms with van der Waals surface area (Å²) in [6.07, 6.45) is 3.25. The zero-order chi connectivity index (χ0) is 14.1. The van der Waals surface area contributed by atoms with Gasteiger partial charge in [-0.05, 0) is 24.1 Å². The van der Waals surface area contributed by atoms with Crippen LogP contribution in [0.25, 0.3) is 0 Å². The van der Waals surface area contributed by atoms with Crippen molar-refractivity contribution in [2.75, 3.05) is 5.32 Å². The van der Waals surface area contributed by atoms with Crippen LogP contribution >= 0.6 is 0 Å². The van der Waals surface area contributed by atoms with Crippen molar-refractivity contribution in [3.63, 3.8) is 0 Å². The molecule has 1 aromatic carbocycles. The molecule has 2 aromatic rings. The van der Waals surface area contributed by atoms with Crippen LogP contribution in [0.2, 0.25) is 0 Å². The van der Waals surface area contributed by atoms with Crippen LogP contribution in [0.5, 0.6) is 0 Å². The Bertz CT molecular complexity index is 630. The predicted molar refractivity (Wildman–Crippen MR) is 69.9 cm³/mol. The van der Waals surface area contributed by atoms with Gasteiger partial charge in [-0.15, -0.1) is 0 Å². The van der Waals surface area contributed by atoms with E-state index in [2.05, 4.69) is 15.3 Å². The van der Waals surface area contributed by atoms with E-state index in [0.29, 0.717) is 11.9 Å². The molecule has 0 aliphatic heterocycles. The van der Waals surface area contributed by atoms with Crippen LogP contribution in [0, 0.1) is 15.9 Å². The van der Waals surface area contributed by atoms with Gasteiger partial charge in [0, 0.05) is 12.0 Å². The lowest BCUT2D eigenvalue weighted by molar-refractivity contribution is -0.385. The fraction of sp³-hybridized carbons (Fsp3) is 0.231. The monoisotopic (exact) mass is 274 g/mol. The van der Waals surface area contributed by atoms with Gasteiger partial charge in [0.1, 0.15) is 18.2 Å². The average Bonchev–Trinajstić information content (AvgIpc) is 3.19. The average molecular weight is 274 g/mol. The standard InChI is InChI=1S/C13H11FN4O2/c14-9-3-1-8(2-4-9)11-5-12(11)17-13-15-6-10(7-16-13)18(19)20/h1-4,6-7,11-12H,5H2,(H,15,16,17)/t11-,12+/m0/s1. The number of rotatable bonds is 4. The SMILES string of the molecule is O=[N+]([O-])c1cnc(N[C@@H]2C[C@H]2c2ccc(F)cc2)nc1. The number of nitro groups is 1. The molecule has 20 heavy (non-hydrogen) atoms. The summed E-state index contributed by atoms with van der Waals surface area (Å²) in [6, 6.07) is 6.58. The Kier molecular flexibility index (Phi) is 3.02. The predicted octanol–water partition coefficient (Wildman–Crippen LogP) is 2.49. The van der Waals surface area contributed by atoms with Gasteiger partial charge in [0.05, 0.1) is 4.92 Å². The fourth-order valence-corrected chi connectivity index (χ4v) is 2.09. The smallest absolute Gasteiger partial charge is 0.305 e. The van der Waals surface area contributed by atoms with E-state index in [9.17, 15) is 14.5 Å². The summed E-state index contributed by atoms with van der Waals surface area (Å²) >= 11 is 0. The van der Waals surface area contributed by atoms with E-state index >= 15 is 0 Å². The molecule has 0 radical (unpaired) electrons. The van der Waals surface area contributed by atoms with Crippen molar-refractivity contribution >= 4 is 11.6 Å². The molecule has 2 atom stereocenters. The summed E-state index contributed by atoms with van der Waals surface area (Å²) in [5.74, 6) is 0.414. The molecule has 1 heterocycles. The minimum absolute atomic E-state index is 0.138. The Morgan fingerprint density at radius 3 is 2.50 bits per heavy atom. The van der Waals surface area contributed by atoms with Crippen molar-refractivity contribution in [2.24, 2.45) is 0 Å². The molecule has 1 aromatic heterocycles. The Labute approximate surface area is 113 Å². The van der Waals surface area contributed by atoms with Crippen LogP contribution in [0.3, 0.4) is 0 Å². The molecular formula is C13H11FN4O2. The molecule has 0 spiro atoms. The first-order valence-corrected chi connectivity index (χ1v) is 6.12. The fourth-order valence-electron chi connectivity index (χ4n) is 2.09. The van der Waals surface area contributed by atoms with Crippen molar-refractivity contribution in [3.8, 4) is 0 Å². The maximum atomic E-state index is 12.8. The summed E-state index contributed by atoms with van der Waals surface area (Å²) in [7, 11) is 0. The lowest BCUT2D eigenvalue weighted by Crippen LogP contribution is -2.07. The topological polar surface area (TPSA) is 81.0 Å². The normalized spacial score (nSPS) is 20.4. The molecular weight excluding hydrogens is 263 g/mol. The summed E-state index contributed by atoms with van der Waals surface area (Å²) in [4.78, 5) is 17.7. The first-order valence-electron chi connectivity index (χ1n) is 6.12. The number of benzene rings is 1. The molecule has 3 rings (SSSR count). The van der Waals surface area contributed by atoms with Crippen molar-refractivity contribution in [3.05, 3.63) is 58.2 Å². The largest absolute Gasteiger partial charge is 0.351 e. The molecule has 1 fully saturated rings. The van der Waals surface area contributed by atoms with E-state index in [1.807, 2.05) is 0 Å². The summed E-state index contributed by atoms with van der Waals surface area (Å²) in [5.41, 5.74) is 0.923. The van der Waals surface area contributed by atoms with Gasteiger partial charge in [-0.3, -0.25) is 10.1 Å². The highest BCUT2D eigenvalue weighted by molar-refractivity contribution is 5.38. The van der Waals surface area contributed by atoms with Gasteiger partial charge in [0.15, 0.2) is 0 Å². The van der Waals surface area contributed by atoms with Crippen LogP contribution in [0.4, 0.5) is 16.0 Å².